The standard InChI is InChI=1S/C14H19/c1-2-4-6-8-10-12-14-13-11-9-7-5-3-1/h1-4,11,13-14H,5-10H2. The molecule has 1 rings (SSSR count). The smallest absolute Gasteiger partial charge is 0.0273 e. The quantitative estimate of drug-likeness (QED) is 0.528. The minimum absolute atomic E-state index is 1.07. The summed E-state index contributed by atoms with van der Waals surface area (Å²) in [5.74, 6) is 0. The second-order valence-corrected chi connectivity index (χ2v) is 3.48. The predicted octanol–water partition coefficient (Wildman–Crippen LogP) is 4.37. The van der Waals surface area contributed by atoms with Crippen LogP contribution in [0.4, 0.5) is 0 Å². The molecule has 0 N–H and O–H groups in total. The highest BCUT2D eigenvalue weighted by Crippen LogP contribution is 2.01. The van der Waals surface area contributed by atoms with E-state index in [0.717, 1.165) is 12.8 Å². The van der Waals surface area contributed by atoms with Crippen LogP contribution in [0.3, 0.4) is 0 Å². The Kier molecular flexibility index (Phi) is 6.74. The van der Waals surface area contributed by atoms with E-state index >= 15 is 0 Å². The molecular formula is C14H19. The molecular weight excluding hydrogens is 168 g/mol. The second-order valence-electron chi connectivity index (χ2n) is 3.48. The SMILES string of the molecule is [C]1=CC=CCCCC=CC=CCCC1. The van der Waals surface area contributed by atoms with Crippen LogP contribution < -0.4 is 0 Å². The average molecular weight is 187 g/mol. The molecule has 0 amide bonds. The van der Waals surface area contributed by atoms with Gasteiger partial charge in [0.2, 0.25) is 0 Å². The summed E-state index contributed by atoms with van der Waals surface area (Å²) in [6, 6.07) is 0. The van der Waals surface area contributed by atoms with Gasteiger partial charge in [-0.25, -0.2) is 0 Å². The van der Waals surface area contributed by atoms with Crippen LogP contribution in [0.15, 0.2) is 42.5 Å². The van der Waals surface area contributed by atoms with Crippen molar-refractivity contribution in [1.82, 2.24) is 0 Å². The Labute approximate surface area is 87.7 Å². The fourth-order valence-electron chi connectivity index (χ4n) is 1.34. The van der Waals surface area contributed by atoms with E-state index in [1.165, 1.54) is 25.7 Å². The van der Waals surface area contributed by atoms with Gasteiger partial charge in [-0.3, -0.25) is 0 Å². The highest BCUT2D eigenvalue weighted by molar-refractivity contribution is 5.03. The maximum absolute atomic E-state index is 3.28. The normalized spacial score (nSPS) is 19.4. The molecule has 0 bridgehead atoms. The van der Waals surface area contributed by atoms with Crippen molar-refractivity contribution in [3.63, 3.8) is 0 Å². The van der Waals surface area contributed by atoms with Gasteiger partial charge >= 0.3 is 0 Å². The first-order valence-corrected chi connectivity index (χ1v) is 5.53. The highest BCUT2D eigenvalue weighted by Gasteiger charge is 1.82. The van der Waals surface area contributed by atoms with E-state index in [1.807, 2.05) is 6.08 Å². The van der Waals surface area contributed by atoms with Crippen LogP contribution in [0.25, 0.3) is 0 Å². The number of allylic oxidation sites excluding steroid dienone is 8. The topological polar surface area (TPSA) is 0 Å². The van der Waals surface area contributed by atoms with E-state index in [2.05, 4.69) is 42.5 Å². The molecule has 0 heteroatoms. The average Bonchev–Trinajstić information content (AvgIpc) is 2.22. The summed E-state index contributed by atoms with van der Waals surface area (Å²) in [5, 5.41) is 0. The van der Waals surface area contributed by atoms with Crippen molar-refractivity contribution in [3.05, 3.63) is 48.6 Å². The Hall–Kier alpha value is -1.04. The molecule has 0 nitrogen and oxygen atoms in total. The van der Waals surface area contributed by atoms with Crippen LogP contribution in [-0.4, -0.2) is 0 Å². The van der Waals surface area contributed by atoms with E-state index in [4.69, 9.17) is 0 Å². The van der Waals surface area contributed by atoms with Gasteiger partial charge in [-0.05, 0) is 44.6 Å². The molecule has 0 atom stereocenters. The number of hydrogen-bond donors (Lipinski definition) is 0. The molecule has 0 spiro atoms. The Bertz CT molecular complexity index is 178. The van der Waals surface area contributed by atoms with Crippen LogP contribution in [0.1, 0.15) is 38.5 Å². The lowest BCUT2D eigenvalue weighted by atomic mass is 10.2. The summed E-state index contributed by atoms with van der Waals surface area (Å²) in [4.78, 5) is 0. The van der Waals surface area contributed by atoms with Crippen molar-refractivity contribution in [2.45, 2.75) is 38.5 Å². The molecule has 0 heterocycles. The molecule has 0 unspecified atom stereocenters. The number of hydrogen-bond acceptors (Lipinski definition) is 0. The molecule has 1 radical (unpaired) electrons. The summed E-state index contributed by atoms with van der Waals surface area (Å²) in [6.07, 6.45) is 25.5. The fraction of sp³-hybridized carbons (Fsp3) is 0.429. The van der Waals surface area contributed by atoms with Crippen LogP contribution in [-0.2, 0) is 0 Å². The minimum atomic E-state index is 1.07. The van der Waals surface area contributed by atoms with Gasteiger partial charge in [-0.15, -0.1) is 0 Å². The minimum Gasteiger partial charge on any atom is -0.0845 e. The fourth-order valence-corrected chi connectivity index (χ4v) is 1.34. The highest BCUT2D eigenvalue weighted by atomic mass is 13.9. The molecule has 14 heavy (non-hydrogen) atoms. The van der Waals surface area contributed by atoms with E-state index in [9.17, 15) is 0 Å². The Morgan fingerprint density at radius 3 is 2.14 bits per heavy atom. The van der Waals surface area contributed by atoms with Crippen molar-refractivity contribution < 1.29 is 0 Å². The Morgan fingerprint density at radius 1 is 0.714 bits per heavy atom. The van der Waals surface area contributed by atoms with Crippen LogP contribution in [0, 0.1) is 6.08 Å². The third-order valence-electron chi connectivity index (χ3n) is 2.17. The summed E-state index contributed by atoms with van der Waals surface area (Å²) in [5.41, 5.74) is 0. The molecule has 0 saturated carbocycles. The van der Waals surface area contributed by atoms with E-state index in [0.29, 0.717) is 0 Å². The predicted molar refractivity (Wildman–Crippen MR) is 62.9 cm³/mol. The molecule has 75 valence electrons. The summed E-state index contributed by atoms with van der Waals surface area (Å²) in [7, 11) is 0. The first kappa shape index (κ1) is 11.0. The van der Waals surface area contributed by atoms with Crippen molar-refractivity contribution >= 4 is 0 Å². The lowest BCUT2D eigenvalue weighted by Crippen LogP contribution is -1.71. The molecule has 0 aromatic carbocycles. The monoisotopic (exact) mass is 187 g/mol. The van der Waals surface area contributed by atoms with E-state index in [-0.39, 0.29) is 0 Å². The molecule has 0 aliphatic heterocycles. The third-order valence-corrected chi connectivity index (χ3v) is 2.17. The first-order valence-electron chi connectivity index (χ1n) is 5.53. The summed E-state index contributed by atoms with van der Waals surface area (Å²) >= 11 is 0. The second kappa shape index (κ2) is 8.55. The van der Waals surface area contributed by atoms with E-state index < -0.39 is 0 Å². The largest absolute Gasteiger partial charge is 0.0845 e. The molecule has 0 fully saturated rings. The van der Waals surface area contributed by atoms with Crippen molar-refractivity contribution in [2.75, 3.05) is 0 Å². The van der Waals surface area contributed by atoms with Crippen molar-refractivity contribution in [1.29, 1.82) is 0 Å². The maximum Gasteiger partial charge on any atom is -0.0273 e. The molecule has 0 saturated heterocycles. The zero-order chi connectivity index (χ0) is 9.90. The van der Waals surface area contributed by atoms with Crippen molar-refractivity contribution in [2.24, 2.45) is 0 Å². The molecule has 0 aromatic rings. The molecule has 1 aliphatic rings. The summed E-state index contributed by atoms with van der Waals surface area (Å²) < 4.78 is 0. The van der Waals surface area contributed by atoms with Gasteiger partial charge in [0.25, 0.3) is 0 Å². The first-order chi connectivity index (χ1) is 7.00. The Balaban J connectivity index is 2.33. The van der Waals surface area contributed by atoms with Gasteiger partial charge in [0.1, 0.15) is 0 Å². The van der Waals surface area contributed by atoms with Gasteiger partial charge in [0.05, 0.1) is 0 Å². The number of rotatable bonds is 0. The summed E-state index contributed by atoms with van der Waals surface area (Å²) in [6.45, 7) is 0. The van der Waals surface area contributed by atoms with Crippen LogP contribution in [0.2, 0.25) is 0 Å². The van der Waals surface area contributed by atoms with E-state index in [1.54, 1.807) is 0 Å². The van der Waals surface area contributed by atoms with Gasteiger partial charge in [-0.2, -0.15) is 0 Å². The third kappa shape index (κ3) is 6.47. The van der Waals surface area contributed by atoms with Crippen LogP contribution in [0.5, 0.6) is 0 Å². The van der Waals surface area contributed by atoms with Gasteiger partial charge in [-0.1, -0.05) is 42.5 Å². The van der Waals surface area contributed by atoms with Crippen molar-refractivity contribution in [3.8, 4) is 0 Å². The molecule has 0 aromatic heterocycles. The molecule has 1 aliphatic carbocycles. The Morgan fingerprint density at radius 2 is 1.36 bits per heavy atom. The van der Waals surface area contributed by atoms with Gasteiger partial charge < -0.3 is 0 Å². The van der Waals surface area contributed by atoms with Gasteiger partial charge in [0.15, 0.2) is 0 Å². The van der Waals surface area contributed by atoms with Crippen LogP contribution >= 0.6 is 0 Å². The van der Waals surface area contributed by atoms with Gasteiger partial charge in [0, 0.05) is 0 Å². The maximum atomic E-state index is 3.28. The zero-order valence-corrected chi connectivity index (χ0v) is 8.78. The lowest BCUT2D eigenvalue weighted by Gasteiger charge is -1.91. The zero-order valence-electron chi connectivity index (χ0n) is 8.78. The lowest BCUT2D eigenvalue weighted by molar-refractivity contribution is 0.851.